The minimum atomic E-state index is -0.781. The van der Waals surface area contributed by atoms with Gasteiger partial charge < -0.3 is 14.8 Å². The summed E-state index contributed by atoms with van der Waals surface area (Å²) in [5.41, 5.74) is 0.357. The lowest BCUT2D eigenvalue weighted by Gasteiger charge is -2.30. The molecule has 3 aliphatic rings. The van der Waals surface area contributed by atoms with E-state index in [2.05, 4.69) is 5.32 Å². The zero-order valence-electron chi connectivity index (χ0n) is 17.8. The first-order valence-corrected chi connectivity index (χ1v) is 10.7. The van der Waals surface area contributed by atoms with Crippen molar-refractivity contribution in [2.45, 2.75) is 64.1 Å². The molecular weight excluding hydrogens is 384 g/mol. The molecule has 1 saturated heterocycles. The fraction of sp³-hybridized carbons (Fsp3) is 0.609. The number of carbonyl (C=O) groups is 3. The molecule has 7 nitrogen and oxygen atoms in total. The number of hydrogen-bond acceptors (Lipinski definition) is 5. The number of carbonyl (C=O) groups excluding carboxylic acids is 3. The first-order chi connectivity index (χ1) is 14.2. The number of benzene rings is 1. The summed E-state index contributed by atoms with van der Waals surface area (Å²) in [5, 5.41) is 2.78. The average molecular weight is 415 g/mol. The highest BCUT2D eigenvalue weighted by Crippen LogP contribution is 2.55. The molecule has 30 heavy (non-hydrogen) atoms. The molecule has 7 heteroatoms. The lowest BCUT2D eigenvalue weighted by Crippen LogP contribution is -2.55. The monoisotopic (exact) mass is 414 g/mol. The second-order valence-electron chi connectivity index (χ2n) is 9.74. The fourth-order valence-corrected chi connectivity index (χ4v) is 4.77. The van der Waals surface area contributed by atoms with Gasteiger partial charge in [0, 0.05) is 0 Å². The summed E-state index contributed by atoms with van der Waals surface area (Å²) in [7, 11) is 0. The fourth-order valence-electron chi connectivity index (χ4n) is 4.77. The van der Waals surface area contributed by atoms with Crippen LogP contribution in [0.3, 0.4) is 0 Å². The molecule has 1 aromatic rings. The normalized spacial score (nSPS) is 28.5. The third-order valence-corrected chi connectivity index (χ3v) is 6.20. The lowest BCUT2D eigenvalue weighted by atomic mass is 9.92. The Morgan fingerprint density at radius 1 is 1.17 bits per heavy atom. The Morgan fingerprint density at radius 2 is 1.83 bits per heavy atom. The topological polar surface area (TPSA) is 84.9 Å². The van der Waals surface area contributed by atoms with Crippen LogP contribution in [0.2, 0.25) is 0 Å². The van der Waals surface area contributed by atoms with Crippen LogP contribution >= 0.6 is 0 Å². The minimum absolute atomic E-state index is 0.0135. The molecule has 0 radical (unpaired) electrons. The van der Waals surface area contributed by atoms with Crippen LogP contribution in [0.4, 0.5) is 9.59 Å². The number of ether oxygens (including phenoxy) is 2. The molecule has 0 aromatic heterocycles. The molecule has 0 bridgehead atoms. The number of amides is 3. The molecule has 3 fully saturated rings. The highest BCUT2D eigenvalue weighted by Gasteiger charge is 2.52. The standard InChI is InChI=1S/C23H30N2O5/c1-23(2,3)30-21(27)24-19(17-11-15-10-16(15)12-17)20(26)25-18(13-29-22(25)28)9-14-7-5-4-6-8-14/h4-8,15-19H,9-13H2,1-3H3,(H,24,27)/t15-,16+,17?,18-,19-/m0/s1. The molecule has 2 saturated carbocycles. The van der Waals surface area contributed by atoms with Crippen LogP contribution < -0.4 is 5.32 Å². The number of imide groups is 1. The maximum Gasteiger partial charge on any atom is 0.417 e. The Hall–Kier alpha value is -2.57. The zero-order chi connectivity index (χ0) is 21.5. The average Bonchev–Trinajstić information content (AvgIpc) is 3.11. The van der Waals surface area contributed by atoms with Gasteiger partial charge in [0.05, 0.1) is 6.04 Å². The maximum atomic E-state index is 13.5. The molecule has 1 aliphatic heterocycles. The molecule has 3 amide bonds. The van der Waals surface area contributed by atoms with Gasteiger partial charge in [0.25, 0.3) is 5.91 Å². The number of nitrogens with zero attached hydrogens (tertiary/aromatic N) is 1. The van der Waals surface area contributed by atoms with Gasteiger partial charge in [0.15, 0.2) is 0 Å². The maximum absolute atomic E-state index is 13.5. The molecule has 1 N–H and O–H groups in total. The van der Waals surface area contributed by atoms with Crippen molar-refractivity contribution in [1.29, 1.82) is 0 Å². The molecule has 1 heterocycles. The van der Waals surface area contributed by atoms with Crippen LogP contribution in [0.25, 0.3) is 0 Å². The van der Waals surface area contributed by atoms with E-state index in [1.54, 1.807) is 20.8 Å². The number of rotatable bonds is 5. The second kappa shape index (κ2) is 7.93. The van der Waals surface area contributed by atoms with E-state index in [4.69, 9.17) is 9.47 Å². The van der Waals surface area contributed by atoms with Gasteiger partial charge >= 0.3 is 12.2 Å². The smallest absolute Gasteiger partial charge is 0.417 e. The van der Waals surface area contributed by atoms with Crippen molar-refractivity contribution >= 4 is 18.1 Å². The van der Waals surface area contributed by atoms with E-state index in [1.807, 2.05) is 30.3 Å². The van der Waals surface area contributed by atoms with E-state index in [9.17, 15) is 14.4 Å². The summed E-state index contributed by atoms with van der Waals surface area (Å²) in [5.74, 6) is 0.892. The summed E-state index contributed by atoms with van der Waals surface area (Å²) in [6.07, 6.45) is 2.24. The van der Waals surface area contributed by atoms with Gasteiger partial charge in [-0.05, 0) is 69.8 Å². The van der Waals surface area contributed by atoms with Gasteiger partial charge in [-0.25, -0.2) is 14.5 Å². The van der Waals surface area contributed by atoms with E-state index < -0.39 is 29.7 Å². The molecule has 0 spiro atoms. The first kappa shape index (κ1) is 20.7. The van der Waals surface area contributed by atoms with Gasteiger partial charge in [-0.15, -0.1) is 0 Å². The molecule has 1 aromatic carbocycles. The number of alkyl carbamates (subject to hydrolysis) is 1. The van der Waals surface area contributed by atoms with Crippen molar-refractivity contribution in [2.24, 2.45) is 17.8 Å². The van der Waals surface area contributed by atoms with Crippen molar-refractivity contribution in [3.05, 3.63) is 35.9 Å². The SMILES string of the molecule is CC(C)(C)OC(=O)N[C@H](C(=O)N1C(=O)OC[C@@H]1Cc1ccccc1)C1C[C@@H]2C[C@@H]2C1. The van der Waals surface area contributed by atoms with Crippen LogP contribution in [0.15, 0.2) is 30.3 Å². The summed E-state index contributed by atoms with van der Waals surface area (Å²) >= 11 is 0. The Labute approximate surface area is 177 Å². The summed E-state index contributed by atoms with van der Waals surface area (Å²) in [6, 6.07) is 8.55. The molecule has 4 rings (SSSR count). The van der Waals surface area contributed by atoms with Crippen molar-refractivity contribution in [3.63, 3.8) is 0 Å². The van der Waals surface area contributed by atoms with E-state index in [0.717, 1.165) is 18.4 Å². The van der Waals surface area contributed by atoms with Crippen LogP contribution in [-0.4, -0.2) is 47.3 Å². The van der Waals surface area contributed by atoms with E-state index in [-0.39, 0.29) is 18.6 Å². The Bertz CT molecular complexity index is 809. The van der Waals surface area contributed by atoms with Gasteiger partial charge in [-0.2, -0.15) is 0 Å². The molecule has 162 valence electrons. The third-order valence-electron chi connectivity index (χ3n) is 6.20. The summed E-state index contributed by atoms with van der Waals surface area (Å²) in [4.78, 5) is 39.7. The van der Waals surface area contributed by atoms with Gasteiger partial charge in [0.1, 0.15) is 18.2 Å². The van der Waals surface area contributed by atoms with E-state index in [1.165, 1.54) is 11.3 Å². The van der Waals surface area contributed by atoms with Crippen molar-refractivity contribution in [3.8, 4) is 0 Å². The summed E-state index contributed by atoms with van der Waals surface area (Å²) < 4.78 is 10.6. The largest absolute Gasteiger partial charge is 0.447 e. The second-order valence-corrected chi connectivity index (χ2v) is 9.74. The molecule has 1 unspecified atom stereocenters. The number of cyclic esters (lactones) is 1. The Kier molecular flexibility index (Phi) is 5.47. The van der Waals surface area contributed by atoms with E-state index >= 15 is 0 Å². The first-order valence-electron chi connectivity index (χ1n) is 10.7. The van der Waals surface area contributed by atoms with E-state index in [0.29, 0.717) is 18.3 Å². The Morgan fingerprint density at radius 3 is 2.47 bits per heavy atom. The van der Waals surface area contributed by atoms with Crippen LogP contribution in [0.5, 0.6) is 0 Å². The van der Waals surface area contributed by atoms with Crippen LogP contribution in [-0.2, 0) is 20.7 Å². The van der Waals surface area contributed by atoms with Gasteiger partial charge in [-0.1, -0.05) is 30.3 Å². The van der Waals surface area contributed by atoms with Crippen molar-refractivity contribution in [1.82, 2.24) is 10.2 Å². The van der Waals surface area contributed by atoms with Crippen LogP contribution in [0, 0.1) is 17.8 Å². The highest BCUT2D eigenvalue weighted by atomic mass is 16.6. The molecule has 2 aliphatic carbocycles. The minimum Gasteiger partial charge on any atom is -0.447 e. The number of nitrogens with one attached hydrogen (secondary N) is 1. The van der Waals surface area contributed by atoms with Gasteiger partial charge in [0.2, 0.25) is 0 Å². The molecular formula is C23H30N2O5. The highest BCUT2D eigenvalue weighted by molar-refractivity contribution is 5.98. The zero-order valence-corrected chi connectivity index (χ0v) is 17.8. The van der Waals surface area contributed by atoms with Gasteiger partial charge in [-0.3, -0.25) is 4.79 Å². The number of fused-ring (bicyclic) bond motifs is 1. The van der Waals surface area contributed by atoms with Crippen molar-refractivity contribution in [2.75, 3.05) is 6.61 Å². The Balaban J connectivity index is 1.51. The van der Waals surface area contributed by atoms with Crippen LogP contribution in [0.1, 0.15) is 45.6 Å². The summed E-state index contributed by atoms with van der Waals surface area (Å²) in [6.45, 7) is 5.50. The predicted octanol–water partition coefficient (Wildman–Crippen LogP) is 3.52. The third kappa shape index (κ3) is 4.60. The lowest BCUT2D eigenvalue weighted by molar-refractivity contribution is -0.132. The van der Waals surface area contributed by atoms with Crippen molar-refractivity contribution < 1.29 is 23.9 Å². The number of hydrogen-bond donors (Lipinski definition) is 1. The molecule has 5 atom stereocenters. The quantitative estimate of drug-likeness (QED) is 0.797. The predicted molar refractivity (Wildman–Crippen MR) is 110 cm³/mol.